The third-order valence-electron chi connectivity index (χ3n) is 2.54. The smallest absolute Gasteiger partial charge is 0.0195 e. The molecule has 3 rings (SSSR count). The van der Waals surface area contributed by atoms with Crippen LogP contribution in [0.4, 0.5) is 0 Å². The Morgan fingerprint density at radius 2 is 2.11 bits per heavy atom. The first-order valence-corrected chi connectivity index (χ1v) is 3.78. The number of nitrogens with one attached hydrogen (secondary N) is 1. The number of hydrogen-bond donors (Lipinski definition) is 1. The van der Waals surface area contributed by atoms with Gasteiger partial charge in [-0.1, -0.05) is 0 Å². The summed E-state index contributed by atoms with van der Waals surface area (Å²) < 4.78 is 0. The molecule has 2 nitrogen and oxygen atoms in total. The third kappa shape index (κ3) is 0.864. The molecular formula is C7H14N2. The topological polar surface area (TPSA) is 15.3 Å². The lowest BCUT2D eigenvalue weighted by molar-refractivity contribution is 0.0274. The molecule has 3 heterocycles. The average Bonchev–Trinajstić information content (AvgIpc) is 1.87. The van der Waals surface area contributed by atoms with Crippen LogP contribution in [0.15, 0.2) is 0 Å². The molecule has 1 N–H and O–H groups in total. The molecule has 1 unspecified atom stereocenters. The fourth-order valence-electron chi connectivity index (χ4n) is 1.97. The molecule has 0 spiro atoms. The van der Waals surface area contributed by atoms with Crippen LogP contribution in [0.2, 0.25) is 0 Å². The maximum atomic E-state index is 3.32. The molecule has 3 fully saturated rings. The van der Waals surface area contributed by atoms with Gasteiger partial charge in [-0.15, -0.1) is 0 Å². The standard InChI is InChI=1S/C7H14N2/c1-8-7-2-6-3-9(4-6)5-7/h6-8H,2-5H2,1H3. The number of piperidine rings is 2. The van der Waals surface area contributed by atoms with Crippen molar-refractivity contribution in [1.82, 2.24) is 10.2 Å². The summed E-state index contributed by atoms with van der Waals surface area (Å²) in [6, 6.07) is 0.789. The number of fused-ring (bicyclic) bond motifs is 2. The Morgan fingerprint density at radius 3 is 2.44 bits per heavy atom. The second kappa shape index (κ2) is 1.96. The van der Waals surface area contributed by atoms with Crippen LogP contribution in [0.5, 0.6) is 0 Å². The molecule has 0 aromatic rings. The summed E-state index contributed by atoms with van der Waals surface area (Å²) in [5.74, 6) is 1.02. The fraction of sp³-hybridized carbons (Fsp3) is 1.00. The Balaban J connectivity index is 1.89. The van der Waals surface area contributed by atoms with Crippen molar-refractivity contribution in [3.05, 3.63) is 0 Å². The van der Waals surface area contributed by atoms with E-state index >= 15 is 0 Å². The molecule has 3 saturated heterocycles. The van der Waals surface area contributed by atoms with Crippen molar-refractivity contribution in [3.8, 4) is 0 Å². The van der Waals surface area contributed by atoms with E-state index in [0.717, 1.165) is 12.0 Å². The van der Waals surface area contributed by atoms with Crippen molar-refractivity contribution < 1.29 is 0 Å². The highest BCUT2D eigenvalue weighted by Crippen LogP contribution is 2.26. The van der Waals surface area contributed by atoms with Crippen LogP contribution in [0, 0.1) is 5.92 Å². The lowest BCUT2D eigenvalue weighted by Crippen LogP contribution is -2.59. The van der Waals surface area contributed by atoms with Crippen LogP contribution in [-0.4, -0.2) is 37.6 Å². The fourth-order valence-corrected chi connectivity index (χ4v) is 1.97. The minimum absolute atomic E-state index is 0.789. The molecule has 2 bridgehead atoms. The van der Waals surface area contributed by atoms with E-state index in [0.29, 0.717) is 0 Å². The van der Waals surface area contributed by atoms with Gasteiger partial charge >= 0.3 is 0 Å². The highest BCUT2D eigenvalue weighted by atomic mass is 15.2. The van der Waals surface area contributed by atoms with E-state index < -0.39 is 0 Å². The molecule has 0 amide bonds. The zero-order chi connectivity index (χ0) is 6.27. The molecular weight excluding hydrogens is 112 g/mol. The van der Waals surface area contributed by atoms with Gasteiger partial charge in [0.15, 0.2) is 0 Å². The highest BCUT2D eigenvalue weighted by Gasteiger charge is 2.35. The Labute approximate surface area is 56.2 Å². The maximum absolute atomic E-state index is 3.32. The van der Waals surface area contributed by atoms with Gasteiger partial charge in [-0.05, 0) is 19.4 Å². The van der Waals surface area contributed by atoms with Gasteiger partial charge in [0.05, 0.1) is 0 Å². The van der Waals surface area contributed by atoms with Crippen LogP contribution in [0.25, 0.3) is 0 Å². The average molecular weight is 126 g/mol. The number of hydrogen-bond acceptors (Lipinski definition) is 2. The zero-order valence-electron chi connectivity index (χ0n) is 5.93. The van der Waals surface area contributed by atoms with Gasteiger partial charge in [0.1, 0.15) is 0 Å². The largest absolute Gasteiger partial charge is 0.316 e. The van der Waals surface area contributed by atoms with Gasteiger partial charge in [-0.2, -0.15) is 0 Å². The minimum atomic E-state index is 0.789. The normalized spacial score (nSPS) is 48.3. The molecule has 0 aromatic heterocycles. The van der Waals surface area contributed by atoms with Crippen molar-refractivity contribution in [2.45, 2.75) is 12.5 Å². The first kappa shape index (κ1) is 5.69. The van der Waals surface area contributed by atoms with Crippen molar-refractivity contribution in [2.24, 2.45) is 5.92 Å². The second-order valence-electron chi connectivity index (χ2n) is 3.31. The molecule has 2 heteroatoms. The van der Waals surface area contributed by atoms with E-state index in [1.165, 1.54) is 26.1 Å². The first-order valence-electron chi connectivity index (χ1n) is 3.78. The van der Waals surface area contributed by atoms with Crippen LogP contribution in [-0.2, 0) is 0 Å². The van der Waals surface area contributed by atoms with Crippen LogP contribution < -0.4 is 5.32 Å². The van der Waals surface area contributed by atoms with E-state index in [1.807, 2.05) is 0 Å². The van der Waals surface area contributed by atoms with Gasteiger partial charge in [-0.3, -0.25) is 0 Å². The molecule has 0 saturated carbocycles. The second-order valence-corrected chi connectivity index (χ2v) is 3.31. The van der Waals surface area contributed by atoms with Gasteiger partial charge in [0.25, 0.3) is 0 Å². The van der Waals surface area contributed by atoms with Gasteiger partial charge in [0, 0.05) is 25.7 Å². The zero-order valence-corrected chi connectivity index (χ0v) is 5.93. The van der Waals surface area contributed by atoms with E-state index in [-0.39, 0.29) is 0 Å². The van der Waals surface area contributed by atoms with E-state index in [1.54, 1.807) is 0 Å². The molecule has 1 atom stereocenters. The summed E-state index contributed by atoms with van der Waals surface area (Å²) in [4.78, 5) is 2.52. The van der Waals surface area contributed by atoms with Gasteiger partial charge < -0.3 is 10.2 Å². The Bertz CT molecular complexity index is 97.5. The van der Waals surface area contributed by atoms with Crippen molar-refractivity contribution >= 4 is 0 Å². The van der Waals surface area contributed by atoms with Crippen LogP contribution in [0.3, 0.4) is 0 Å². The Hall–Kier alpha value is -0.0800. The summed E-state index contributed by atoms with van der Waals surface area (Å²) in [7, 11) is 2.07. The first-order chi connectivity index (χ1) is 4.38. The van der Waals surface area contributed by atoms with Crippen molar-refractivity contribution in [2.75, 3.05) is 26.7 Å². The molecule has 3 aliphatic heterocycles. The third-order valence-corrected chi connectivity index (χ3v) is 2.54. The Morgan fingerprint density at radius 1 is 1.33 bits per heavy atom. The molecule has 0 aliphatic carbocycles. The van der Waals surface area contributed by atoms with Crippen LogP contribution in [0.1, 0.15) is 6.42 Å². The summed E-state index contributed by atoms with van der Waals surface area (Å²) in [5.41, 5.74) is 0. The van der Waals surface area contributed by atoms with E-state index in [9.17, 15) is 0 Å². The number of likely N-dealkylation sites (N-methyl/N-ethyl adjacent to an activating group) is 1. The molecule has 3 aliphatic rings. The lowest BCUT2D eigenvalue weighted by atomic mass is 9.86. The van der Waals surface area contributed by atoms with Crippen LogP contribution >= 0.6 is 0 Å². The SMILES string of the molecule is CNC1CC2CN(C2)C1. The summed E-state index contributed by atoms with van der Waals surface area (Å²) in [6.07, 6.45) is 1.41. The van der Waals surface area contributed by atoms with Gasteiger partial charge in [-0.25, -0.2) is 0 Å². The summed E-state index contributed by atoms with van der Waals surface area (Å²) >= 11 is 0. The van der Waals surface area contributed by atoms with Gasteiger partial charge in [0.2, 0.25) is 0 Å². The molecule has 52 valence electrons. The number of nitrogens with zero attached hydrogens (tertiary/aromatic N) is 1. The Kier molecular flexibility index (Phi) is 1.24. The molecule has 0 radical (unpaired) electrons. The number of rotatable bonds is 1. The molecule has 9 heavy (non-hydrogen) atoms. The van der Waals surface area contributed by atoms with Crippen molar-refractivity contribution in [1.29, 1.82) is 0 Å². The predicted molar refractivity (Wildman–Crippen MR) is 37.4 cm³/mol. The van der Waals surface area contributed by atoms with E-state index in [2.05, 4.69) is 17.3 Å². The maximum Gasteiger partial charge on any atom is 0.0195 e. The van der Waals surface area contributed by atoms with E-state index in [4.69, 9.17) is 0 Å². The summed E-state index contributed by atoms with van der Waals surface area (Å²) in [6.45, 7) is 4.03. The molecule has 0 aromatic carbocycles. The lowest BCUT2D eigenvalue weighted by Gasteiger charge is -2.48. The van der Waals surface area contributed by atoms with Crippen molar-refractivity contribution in [3.63, 3.8) is 0 Å². The monoisotopic (exact) mass is 126 g/mol. The quantitative estimate of drug-likeness (QED) is 0.528. The highest BCUT2D eigenvalue weighted by molar-refractivity contribution is 4.91. The minimum Gasteiger partial charge on any atom is -0.316 e. The predicted octanol–water partition coefficient (Wildman–Crippen LogP) is -0.0901. The summed E-state index contributed by atoms with van der Waals surface area (Å²) in [5, 5.41) is 3.32.